The van der Waals surface area contributed by atoms with E-state index < -0.39 is 12.1 Å². The summed E-state index contributed by atoms with van der Waals surface area (Å²) in [5, 5.41) is 23.4. The van der Waals surface area contributed by atoms with Crippen molar-refractivity contribution in [3.63, 3.8) is 0 Å². The van der Waals surface area contributed by atoms with Crippen LogP contribution in [0.25, 0.3) is 0 Å². The van der Waals surface area contributed by atoms with Gasteiger partial charge in [-0.3, -0.25) is 9.59 Å². The Labute approximate surface area is 508 Å². The number of hydrogen-bond donors (Lipinski definition) is 3. The lowest BCUT2D eigenvalue weighted by atomic mass is 10.0. The van der Waals surface area contributed by atoms with Crippen LogP contribution in [-0.4, -0.2) is 47.4 Å². The van der Waals surface area contributed by atoms with Gasteiger partial charge in [0, 0.05) is 12.8 Å². The van der Waals surface area contributed by atoms with Gasteiger partial charge in [0.05, 0.1) is 25.4 Å². The van der Waals surface area contributed by atoms with Crippen LogP contribution in [0.15, 0.2) is 12.2 Å². The Morgan fingerprint density at radius 3 is 0.877 bits per heavy atom. The minimum Gasteiger partial charge on any atom is -0.466 e. The highest BCUT2D eigenvalue weighted by Gasteiger charge is 2.20. The Morgan fingerprint density at radius 1 is 0.333 bits per heavy atom. The molecule has 0 aromatic rings. The van der Waals surface area contributed by atoms with Gasteiger partial charge < -0.3 is 20.3 Å². The molecule has 3 N–H and O–H groups in total. The Kier molecular flexibility index (Phi) is 69.9. The number of amides is 1. The van der Waals surface area contributed by atoms with Gasteiger partial charge in [-0.1, -0.05) is 379 Å². The molecule has 0 aliphatic rings. The molecule has 2 atom stereocenters. The molecule has 0 aromatic carbocycles. The maximum atomic E-state index is 12.5. The summed E-state index contributed by atoms with van der Waals surface area (Å²) >= 11 is 0. The monoisotopic (exact) mass is 1140 g/mol. The second kappa shape index (κ2) is 71.1. The molecule has 6 nitrogen and oxygen atoms in total. The van der Waals surface area contributed by atoms with Crippen molar-refractivity contribution in [3.8, 4) is 0 Å². The molecule has 482 valence electrons. The standard InChI is InChI=1S/C75H147NO5/c1-3-5-7-9-11-13-15-17-19-20-33-36-40-43-47-51-55-59-63-67-73(78)72(71-77)76-74(79)68-64-60-56-52-48-44-41-37-34-31-29-27-25-23-21-22-24-26-28-30-32-35-38-42-46-50-54-58-62-66-70-81-75(80)69-65-61-57-53-49-45-39-18-16-14-12-10-8-6-4-2/h22,24,72-73,77-78H,3-21,23,25-71H2,1-2H3,(H,76,79)/b24-22-. The van der Waals surface area contributed by atoms with Crippen LogP contribution >= 0.6 is 0 Å². The normalized spacial score (nSPS) is 12.5. The first-order chi connectivity index (χ1) is 40.0. The van der Waals surface area contributed by atoms with Crippen molar-refractivity contribution in [2.75, 3.05) is 13.2 Å². The van der Waals surface area contributed by atoms with Crippen LogP contribution in [0.4, 0.5) is 0 Å². The summed E-state index contributed by atoms with van der Waals surface area (Å²) in [6.45, 7) is 5.01. The third-order valence-corrected chi connectivity index (χ3v) is 17.8. The number of rotatable bonds is 71. The number of carbonyl (C=O) groups excluding carboxylic acids is 2. The van der Waals surface area contributed by atoms with Crippen LogP contribution < -0.4 is 5.32 Å². The number of nitrogens with one attached hydrogen (secondary N) is 1. The molecule has 0 aliphatic carbocycles. The third kappa shape index (κ3) is 67.6. The van der Waals surface area contributed by atoms with Crippen LogP contribution in [0.3, 0.4) is 0 Å². The van der Waals surface area contributed by atoms with Crippen molar-refractivity contribution in [3.05, 3.63) is 12.2 Å². The van der Waals surface area contributed by atoms with Crippen LogP contribution in [-0.2, 0) is 14.3 Å². The van der Waals surface area contributed by atoms with E-state index in [1.165, 1.54) is 360 Å². The van der Waals surface area contributed by atoms with Gasteiger partial charge in [-0.15, -0.1) is 0 Å². The van der Waals surface area contributed by atoms with E-state index in [-0.39, 0.29) is 18.5 Å². The summed E-state index contributed by atoms with van der Waals surface area (Å²) in [6.07, 6.45) is 88.5. The number of ether oxygens (including phenoxy) is 1. The third-order valence-electron chi connectivity index (χ3n) is 17.8. The van der Waals surface area contributed by atoms with Crippen LogP contribution in [0.5, 0.6) is 0 Å². The maximum Gasteiger partial charge on any atom is 0.305 e. The Bertz CT molecular complexity index is 1220. The van der Waals surface area contributed by atoms with E-state index in [0.717, 1.165) is 38.5 Å². The number of allylic oxidation sites excluding steroid dienone is 2. The van der Waals surface area contributed by atoms with E-state index in [2.05, 4.69) is 31.3 Å². The minimum atomic E-state index is -0.663. The highest BCUT2D eigenvalue weighted by Crippen LogP contribution is 2.20. The average Bonchev–Trinajstić information content (AvgIpc) is 3.47. The molecular formula is C75H147NO5. The molecule has 0 rings (SSSR count). The van der Waals surface area contributed by atoms with E-state index in [4.69, 9.17) is 4.74 Å². The largest absolute Gasteiger partial charge is 0.466 e. The van der Waals surface area contributed by atoms with Gasteiger partial charge in [-0.25, -0.2) is 0 Å². The number of esters is 1. The fourth-order valence-electron chi connectivity index (χ4n) is 12.1. The summed E-state index contributed by atoms with van der Waals surface area (Å²) in [4.78, 5) is 24.6. The molecule has 0 aromatic heterocycles. The molecule has 0 radical (unpaired) electrons. The quantitative estimate of drug-likeness (QED) is 0.0320. The highest BCUT2D eigenvalue weighted by atomic mass is 16.5. The van der Waals surface area contributed by atoms with E-state index in [0.29, 0.717) is 25.9 Å². The van der Waals surface area contributed by atoms with Crippen molar-refractivity contribution in [1.29, 1.82) is 0 Å². The first-order valence-corrected chi connectivity index (χ1v) is 37.4. The van der Waals surface area contributed by atoms with Gasteiger partial charge in [0.25, 0.3) is 0 Å². The number of hydrogen-bond acceptors (Lipinski definition) is 5. The second-order valence-corrected chi connectivity index (χ2v) is 26.0. The number of aliphatic hydroxyl groups excluding tert-OH is 2. The second-order valence-electron chi connectivity index (χ2n) is 26.0. The van der Waals surface area contributed by atoms with E-state index in [9.17, 15) is 19.8 Å². The van der Waals surface area contributed by atoms with Gasteiger partial charge in [0.1, 0.15) is 0 Å². The highest BCUT2D eigenvalue weighted by molar-refractivity contribution is 5.76. The van der Waals surface area contributed by atoms with Crippen LogP contribution in [0, 0.1) is 0 Å². The molecule has 0 saturated carbocycles. The lowest BCUT2D eigenvalue weighted by Gasteiger charge is -2.22. The van der Waals surface area contributed by atoms with Gasteiger partial charge in [0.15, 0.2) is 0 Å². The first-order valence-electron chi connectivity index (χ1n) is 37.4. The molecular weight excluding hydrogens is 995 g/mol. The van der Waals surface area contributed by atoms with Crippen molar-refractivity contribution >= 4 is 11.9 Å². The lowest BCUT2D eigenvalue weighted by molar-refractivity contribution is -0.143. The predicted octanol–water partition coefficient (Wildman–Crippen LogP) is 24.3. The Balaban J connectivity index is 3.35. The van der Waals surface area contributed by atoms with Crippen molar-refractivity contribution in [2.45, 2.75) is 443 Å². The predicted molar refractivity (Wildman–Crippen MR) is 357 cm³/mol. The minimum absolute atomic E-state index is 0.0212. The molecule has 1 amide bonds. The molecule has 0 aliphatic heterocycles. The molecule has 0 saturated heterocycles. The van der Waals surface area contributed by atoms with E-state index in [1.807, 2.05) is 0 Å². The number of aliphatic hydroxyl groups is 2. The number of unbranched alkanes of at least 4 members (excludes halogenated alkanes) is 58. The molecule has 0 spiro atoms. The molecule has 81 heavy (non-hydrogen) atoms. The summed E-state index contributed by atoms with van der Waals surface area (Å²) < 4.78 is 5.50. The summed E-state index contributed by atoms with van der Waals surface area (Å²) in [5.41, 5.74) is 0. The van der Waals surface area contributed by atoms with E-state index >= 15 is 0 Å². The summed E-state index contributed by atoms with van der Waals surface area (Å²) in [6, 6.07) is -0.540. The summed E-state index contributed by atoms with van der Waals surface area (Å²) in [7, 11) is 0. The van der Waals surface area contributed by atoms with Crippen molar-refractivity contribution in [1.82, 2.24) is 5.32 Å². The topological polar surface area (TPSA) is 95.9 Å². The van der Waals surface area contributed by atoms with Gasteiger partial charge >= 0.3 is 5.97 Å². The molecule has 0 heterocycles. The Hall–Kier alpha value is -1.40. The van der Waals surface area contributed by atoms with Crippen molar-refractivity contribution < 1.29 is 24.5 Å². The molecule has 2 unspecified atom stereocenters. The zero-order chi connectivity index (χ0) is 58.5. The smallest absolute Gasteiger partial charge is 0.305 e. The van der Waals surface area contributed by atoms with Gasteiger partial charge in [-0.2, -0.15) is 0 Å². The molecule has 6 heteroatoms. The summed E-state index contributed by atoms with van der Waals surface area (Å²) in [5.74, 6) is -0.00743. The Morgan fingerprint density at radius 2 is 0.580 bits per heavy atom. The van der Waals surface area contributed by atoms with Gasteiger partial charge in [-0.05, 0) is 51.4 Å². The number of carbonyl (C=O) groups is 2. The zero-order valence-corrected chi connectivity index (χ0v) is 55.3. The lowest BCUT2D eigenvalue weighted by Crippen LogP contribution is -2.45. The molecule has 0 bridgehead atoms. The first kappa shape index (κ1) is 79.6. The van der Waals surface area contributed by atoms with Gasteiger partial charge in [0.2, 0.25) is 5.91 Å². The zero-order valence-electron chi connectivity index (χ0n) is 55.3. The average molecular weight is 1140 g/mol. The maximum absolute atomic E-state index is 12.5. The van der Waals surface area contributed by atoms with Crippen LogP contribution in [0.1, 0.15) is 431 Å². The van der Waals surface area contributed by atoms with Crippen LogP contribution in [0.2, 0.25) is 0 Å². The fourth-order valence-corrected chi connectivity index (χ4v) is 12.1. The van der Waals surface area contributed by atoms with E-state index in [1.54, 1.807) is 0 Å². The van der Waals surface area contributed by atoms with Crippen molar-refractivity contribution in [2.24, 2.45) is 0 Å². The molecule has 0 fully saturated rings. The SMILES string of the molecule is CCCCCCCCCCCCCCCCCCCCCC(O)C(CO)NC(=O)CCCCCCCCCCCCCCCC/C=C\CCCCCCCCCCCCCCOC(=O)CCCCCCCCCCCCCCCCC. The fraction of sp³-hybridized carbons (Fsp3) is 0.947.